The summed E-state index contributed by atoms with van der Waals surface area (Å²) in [5.74, 6) is 0.899. The highest BCUT2D eigenvalue weighted by molar-refractivity contribution is 14.0. The second kappa shape index (κ2) is 11.8. The van der Waals surface area contributed by atoms with Gasteiger partial charge < -0.3 is 20.1 Å². The summed E-state index contributed by atoms with van der Waals surface area (Å²) in [6.45, 7) is 3.09. The van der Waals surface area contributed by atoms with Gasteiger partial charge in [0.1, 0.15) is 0 Å². The Bertz CT molecular complexity index is 556. The van der Waals surface area contributed by atoms with Crippen LogP contribution in [0.1, 0.15) is 49.7 Å². The van der Waals surface area contributed by atoms with E-state index >= 15 is 0 Å². The highest BCUT2D eigenvalue weighted by Gasteiger charge is 2.16. The maximum absolute atomic E-state index is 6.02. The Kier molecular flexibility index (Phi) is 9.71. The lowest BCUT2D eigenvalue weighted by atomic mass is 10.1. The van der Waals surface area contributed by atoms with Crippen LogP contribution in [-0.2, 0) is 22.6 Å². The van der Waals surface area contributed by atoms with E-state index in [0.29, 0.717) is 18.8 Å². The zero-order valence-electron chi connectivity index (χ0n) is 15.7. The molecule has 6 heteroatoms. The number of benzene rings is 1. The van der Waals surface area contributed by atoms with Crippen LogP contribution >= 0.6 is 24.0 Å². The molecule has 0 atom stereocenters. The Balaban J connectivity index is 0.00000243. The summed E-state index contributed by atoms with van der Waals surface area (Å²) in [5.41, 5.74) is 2.48. The first kappa shape index (κ1) is 21.4. The van der Waals surface area contributed by atoms with Crippen LogP contribution in [-0.4, -0.2) is 38.4 Å². The van der Waals surface area contributed by atoms with Gasteiger partial charge >= 0.3 is 0 Å². The minimum Gasteiger partial charge on any atom is -0.381 e. The lowest BCUT2D eigenvalue weighted by Gasteiger charge is -2.22. The molecule has 0 bridgehead atoms. The van der Waals surface area contributed by atoms with E-state index in [0.717, 1.165) is 38.6 Å². The van der Waals surface area contributed by atoms with Crippen LogP contribution in [0, 0.1) is 0 Å². The molecule has 146 valence electrons. The van der Waals surface area contributed by atoms with Crippen molar-refractivity contribution in [2.45, 2.75) is 63.8 Å². The number of guanidine groups is 1. The van der Waals surface area contributed by atoms with Crippen LogP contribution < -0.4 is 10.6 Å². The summed E-state index contributed by atoms with van der Waals surface area (Å²) in [6.07, 6.45) is 7.49. The molecule has 1 aliphatic carbocycles. The van der Waals surface area contributed by atoms with Crippen LogP contribution in [0.4, 0.5) is 0 Å². The molecule has 2 fully saturated rings. The third kappa shape index (κ3) is 7.04. The molecule has 1 aromatic carbocycles. The summed E-state index contributed by atoms with van der Waals surface area (Å²) >= 11 is 0. The van der Waals surface area contributed by atoms with Crippen molar-refractivity contribution in [3.8, 4) is 0 Å². The predicted octanol–water partition coefficient (Wildman–Crippen LogP) is 3.61. The highest BCUT2D eigenvalue weighted by Crippen LogP contribution is 2.17. The molecule has 0 spiro atoms. The average molecular weight is 473 g/mol. The predicted molar refractivity (Wildman–Crippen MR) is 116 cm³/mol. The summed E-state index contributed by atoms with van der Waals surface area (Å²) in [6, 6.07) is 9.18. The fourth-order valence-electron chi connectivity index (χ4n) is 3.53. The molecule has 1 saturated carbocycles. The molecule has 1 aliphatic heterocycles. The Morgan fingerprint density at radius 2 is 1.88 bits per heavy atom. The first-order valence-electron chi connectivity index (χ1n) is 9.58. The Morgan fingerprint density at radius 3 is 2.62 bits per heavy atom. The van der Waals surface area contributed by atoms with Crippen molar-refractivity contribution >= 4 is 29.9 Å². The van der Waals surface area contributed by atoms with Gasteiger partial charge in [0.2, 0.25) is 0 Å². The average Bonchev–Trinajstić information content (AvgIpc) is 3.18. The van der Waals surface area contributed by atoms with Crippen LogP contribution in [0.2, 0.25) is 0 Å². The third-order valence-corrected chi connectivity index (χ3v) is 5.03. The SMILES string of the molecule is CN=C(NCc1cccc(COC2CCOCC2)c1)NC1CCCC1.I. The Hall–Kier alpha value is -0.860. The molecule has 1 saturated heterocycles. The standard InChI is InChI=1S/C20H31N3O2.HI/c1-21-20(23-18-7-2-3-8-18)22-14-16-5-4-6-17(13-16)15-25-19-9-11-24-12-10-19;/h4-6,13,18-19H,2-3,7-12,14-15H2,1H3,(H2,21,22,23);1H. The molecule has 2 N–H and O–H groups in total. The molecule has 26 heavy (non-hydrogen) atoms. The van der Waals surface area contributed by atoms with Gasteiger partial charge in [-0.1, -0.05) is 37.1 Å². The number of hydrogen-bond acceptors (Lipinski definition) is 3. The maximum Gasteiger partial charge on any atom is 0.191 e. The van der Waals surface area contributed by atoms with E-state index in [9.17, 15) is 0 Å². The van der Waals surface area contributed by atoms with Gasteiger partial charge in [-0.25, -0.2) is 0 Å². The Labute approximate surface area is 174 Å². The number of rotatable bonds is 6. The van der Waals surface area contributed by atoms with E-state index in [4.69, 9.17) is 9.47 Å². The number of ether oxygens (including phenoxy) is 2. The van der Waals surface area contributed by atoms with Crippen LogP contribution in [0.25, 0.3) is 0 Å². The minimum absolute atomic E-state index is 0. The monoisotopic (exact) mass is 473 g/mol. The molecule has 0 radical (unpaired) electrons. The van der Waals surface area contributed by atoms with Crippen LogP contribution in [0.5, 0.6) is 0 Å². The minimum atomic E-state index is 0. The molecule has 5 nitrogen and oxygen atoms in total. The molecule has 0 aromatic heterocycles. The first-order valence-corrected chi connectivity index (χ1v) is 9.58. The van der Waals surface area contributed by atoms with Crippen molar-refractivity contribution in [1.29, 1.82) is 0 Å². The van der Waals surface area contributed by atoms with Crippen molar-refractivity contribution in [3.63, 3.8) is 0 Å². The van der Waals surface area contributed by atoms with Crippen molar-refractivity contribution in [3.05, 3.63) is 35.4 Å². The van der Waals surface area contributed by atoms with Gasteiger partial charge in [-0.2, -0.15) is 0 Å². The van der Waals surface area contributed by atoms with E-state index in [1.54, 1.807) is 0 Å². The molecular weight excluding hydrogens is 441 g/mol. The summed E-state index contributed by atoms with van der Waals surface area (Å²) in [7, 11) is 1.84. The van der Waals surface area contributed by atoms with Gasteiger partial charge in [-0.05, 0) is 36.8 Å². The fraction of sp³-hybridized carbons (Fsp3) is 0.650. The van der Waals surface area contributed by atoms with Gasteiger partial charge in [-0.15, -0.1) is 24.0 Å². The lowest BCUT2D eigenvalue weighted by Crippen LogP contribution is -2.41. The van der Waals surface area contributed by atoms with Crippen molar-refractivity contribution < 1.29 is 9.47 Å². The van der Waals surface area contributed by atoms with Crippen LogP contribution in [0.3, 0.4) is 0 Å². The van der Waals surface area contributed by atoms with Gasteiger partial charge in [0.25, 0.3) is 0 Å². The van der Waals surface area contributed by atoms with Crippen molar-refractivity contribution in [1.82, 2.24) is 10.6 Å². The number of halogens is 1. The molecule has 1 heterocycles. The van der Waals surface area contributed by atoms with E-state index in [-0.39, 0.29) is 24.0 Å². The molecule has 2 aliphatic rings. The second-order valence-electron chi connectivity index (χ2n) is 6.99. The van der Waals surface area contributed by atoms with E-state index in [1.807, 2.05) is 7.05 Å². The zero-order valence-corrected chi connectivity index (χ0v) is 18.0. The van der Waals surface area contributed by atoms with Gasteiger partial charge in [-0.3, -0.25) is 4.99 Å². The van der Waals surface area contributed by atoms with E-state index < -0.39 is 0 Å². The molecule has 1 aromatic rings. The van der Waals surface area contributed by atoms with E-state index in [1.165, 1.54) is 36.8 Å². The second-order valence-corrected chi connectivity index (χ2v) is 6.99. The van der Waals surface area contributed by atoms with Crippen molar-refractivity contribution in [2.75, 3.05) is 20.3 Å². The summed E-state index contributed by atoms with van der Waals surface area (Å²) < 4.78 is 11.4. The fourth-order valence-corrected chi connectivity index (χ4v) is 3.53. The largest absolute Gasteiger partial charge is 0.381 e. The number of nitrogens with zero attached hydrogens (tertiary/aromatic N) is 1. The van der Waals surface area contributed by atoms with Gasteiger partial charge in [0, 0.05) is 32.8 Å². The topological polar surface area (TPSA) is 54.9 Å². The van der Waals surface area contributed by atoms with E-state index in [2.05, 4.69) is 39.9 Å². The summed E-state index contributed by atoms with van der Waals surface area (Å²) in [4.78, 5) is 4.34. The molecule has 0 amide bonds. The zero-order chi connectivity index (χ0) is 17.3. The molecule has 0 unspecified atom stereocenters. The van der Waals surface area contributed by atoms with Gasteiger partial charge in [0.15, 0.2) is 5.96 Å². The summed E-state index contributed by atoms with van der Waals surface area (Å²) in [5, 5.41) is 6.95. The third-order valence-electron chi connectivity index (χ3n) is 5.03. The smallest absolute Gasteiger partial charge is 0.191 e. The Morgan fingerprint density at radius 1 is 1.15 bits per heavy atom. The molecular formula is C20H32IN3O2. The highest BCUT2D eigenvalue weighted by atomic mass is 127. The quantitative estimate of drug-likeness (QED) is 0.377. The number of aliphatic imine (C=N–C) groups is 1. The van der Waals surface area contributed by atoms with Crippen LogP contribution in [0.15, 0.2) is 29.3 Å². The normalized spacial score (nSPS) is 19.2. The molecule has 3 rings (SSSR count). The lowest BCUT2D eigenvalue weighted by molar-refractivity contribution is -0.0390. The van der Waals surface area contributed by atoms with Crippen molar-refractivity contribution in [2.24, 2.45) is 4.99 Å². The first-order chi connectivity index (χ1) is 12.3. The maximum atomic E-state index is 6.02. The number of nitrogens with one attached hydrogen (secondary N) is 2. The number of hydrogen-bond donors (Lipinski definition) is 2. The van der Waals surface area contributed by atoms with Gasteiger partial charge in [0.05, 0.1) is 12.7 Å².